The molecule has 0 fully saturated rings. The van der Waals surface area contributed by atoms with Crippen molar-refractivity contribution in [1.29, 1.82) is 0 Å². The molecule has 0 aliphatic heterocycles. The zero-order valence-corrected chi connectivity index (χ0v) is 29.3. The van der Waals surface area contributed by atoms with Crippen molar-refractivity contribution in [3.05, 3.63) is 126 Å². The van der Waals surface area contributed by atoms with Crippen molar-refractivity contribution < 1.29 is 44.5 Å². The predicted molar refractivity (Wildman–Crippen MR) is 165 cm³/mol. The number of fused-ring (bicyclic) bond motifs is 2. The van der Waals surface area contributed by atoms with E-state index in [-0.39, 0.29) is 49.6 Å². The van der Waals surface area contributed by atoms with E-state index in [4.69, 9.17) is 0 Å². The van der Waals surface area contributed by atoms with Gasteiger partial charge in [0.25, 0.3) is 0 Å². The molecule has 2 unspecified atom stereocenters. The predicted octanol–water partition coefficient (Wildman–Crippen LogP) is 9.80. The molecule has 0 saturated heterocycles. The van der Waals surface area contributed by atoms with Crippen LogP contribution in [-0.2, 0) is 44.5 Å². The minimum absolute atomic E-state index is 0. The number of rotatable bonds is 4. The first-order valence-corrected chi connectivity index (χ1v) is 18.4. The Morgan fingerprint density at radius 1 is 0.730 bits per heavy atom. The van der Waals surface area contributed by atoms with E-state index in [0.717, 1.165) is 7.25 Å². The van der Waals surface area contributed by atoms with Crippen LogP contribution in [0.2, 0.25) is 0 Å². The van der Waals surface area contributed by atoms with Gasteiger partial charge in [-0.3, -0.25) is 0 Å². The van der Waals surface area contributed by atoms with Gasteiger partial charge in [-0.1, -0.05) is 0 Å². The SMILES string of the molecule is C1=CC[C]([Zr][CH]2C=Cc3ccccc32)=C1.C[C](C)=[Zr]([C]1=CC=CC1)[CH]1C=Cc2ccccc21.Cl.Cl.Cl.Cl. The minimum atomic E-state index is -1.68. The first-order valence-electron chi connectivity index (χ1n) is 11.9. The Morgan fingerprint density at radius 2 is 1.32 bits per heavy atom. The molecule has 0 saturated carbocycles. The normalized spacial score (nSPS) is 18.4. The molecule has 0 aromatic heterocycles. The van der Waals surface area contributed by atoms with Gasteiger partial charge in [-0.05, 0) is 0 Å². The molecule has 0 amide bonds. The van der Waals surface area contributed by atoms with Crippen molar-refractivity contribution in [3.8, 4) is 0 Å². The van der Waals surface area contributed by atoms with Crippen LogP contribution in [0.4, 0.5) is 0 Å². The summed E-state index contributed by atoms with van der Waals surface area (Å²) in [6.07, 6.45) is 25.7. The van der Waals surface area contributed by atoms with Crippen molar-refractivity contribution in [1.82, 2.24) is 0 Å². The summed E-state index contributed by atoms with van der Waals surface area (Å²) in [5.41, 5.74) is 6.01. The molecule has 37 heavy (non-hydrogen) atoms. The summed E-state index contributed by atoms with van der Waals surface area (Å²) >= 11 is -2.10. The van der Waals surface area contributed by atoms with Gasteiger partial charge < -0.3 is 0 Å². The summed E-state index contributed by atoms with van der Waals surface area (Å²) in [7, 11) is 0. The molecule has 6 rings (SSSR count). The second-order valence-corrected chi connectivity index (χ2v) is 20.6. The second kappa shape index (κ2) is 16.7. The molecule has 0 heterocycles. The van der Waals surface area contributed by atoms with Gasteiger partial charge >= 0.3 is 220 Å². The molecular weight excluding hydrogens is 697 g/mol. The van der Waals surface area contributed by atoms with Crippen LogP contribution in [-0.4, -0.2) is 3.21 Å². The van der Waals surface area contributed by atoms with Gasteiger partial charge in [0.05, 0.1) is 0 Å². The van der Waals surface area contributed by atoms with Crippen molar-refractivity contribution >= 4 is 65.0 Å². The number of hydrogen-bond donors (Lipinski definition) is 0. The molecule has 194 valence electrons. The third-order valence-corrected chi connectivity index (χ3v) is 18.5. The Labute approximate surface area is 266 Å². The number of benzene rings is 2. The topological polar surface area (TPSA) is 0 Å². The number of hydrogen-bond acceptors (Lipinski definition) is 0. The Balaban J connectivity index is 0.000000338. The van der Waals surface area contributed by atoms with Crippen LogP contribution in [0.1, 0.15) is 56.2 Å². The standard InChI is InChI=1S/2C9H7.2C5H5.C3H6.4ClH.2Zr/c2*1-2-5-9-7-3-6-8(9)4-1;2*1-2-4-5-3-1;1-3-2;;;;;;/h2*1-7H;2*1-3H,4H2;1-2H3;4*1H;;. The van der Waals surface area contributed by atoms with Crippen LogP contribution in [0.3, 0.4) is 0 Å². The summed E-state index contributed by atoms with van der Waals surface area (Å²) in [5, 5.41) is 0. The first kappa shape index (κ1) is 34.7. The fourth-order valence-electron chi connectivity index (χ4n) is 5.11. The van der Waals surface area contributed by atoms with Crippen LogP contribution in [0.25, 0.3) is 12.2 Å². The molecule has 0 spiro atoms. The van der Waals surface area contributed by atoms with Crippen molar-refractivity contribution in [2.45, 2.75) is 33.9 Å². The van der Waals surface area contributed by atoms with Gasteiger partial charge in [0, 0.05) is 0 Å². The van der Waals surface area contributed by atoms with Crippen LogP contribution >= 0.6 is 49.6 Å². The Morgan fingerprint density at radius 3 is 1.95 bits per heavy atom. The molecule has 0 bridgehead atoms. The third kappa shape index (κ3) is 8.33. The molecule has 2 aromatic carbocycles. The van der Waals surface area contributed by atoms with Gasteiger partial charge in [0.1, 0.15) is 0 Å². The zero-order chi connectivity index (χ0) is 22.6. The van der Waals surface area contributed by atoms with Crippen LogP contribution < -0.4 is 0 Å². The smallest absolute Gasteiger partial charge is 0.147 e. The minimum Gasteiger partial charge on any atom is -0.147 e. The summed E-state index contributed by atoms with van der Waals surface area (Å²) in [6.45, 7) is 4.70. The molecule has 2 aromatic rings. The second-order valence-electron chi connectivity index (χ2n) is 9.14. The third-order valence-electron chi connectivity index (χ3n) is 6.68. The average molecular weight is 731 g/mol. The maximum absolute atomic E-state index is 2.46. The maximum atomic E-state index is 2.46. The van der Waals surface area contributed by atoms with E-state index < -0.39 is 44.5 Å². The fraction of sp³-hybridized carbons (Fsp3) is 0.194. The van der Waals surface area contributed by atoms with Gasteiger partial charge in [0.2, 0.25) is 0 Å². The van der Waals surface area contributed by atoms with E-state index in [9.17, 15) is 0 Å². The summed E-state index contributed by atoms with van der Waals surface area (Å²) in [4.78, 5) is 0. The van der Waals surface area contributed by atoms with E-state index in [2.05, 4.69) is 123 Å². The number of halogens is 4. The van der Waals surface area contributed by atoms with E-state index in [0.29, 0.717) is 0 Å². The Hall–Kier alpha value is -0.324. The van der Waals surface area contributed by atoms with E-state index >= 15 is 0 Å². The number of allylic oxidation sites excluding steroid dienone is 10. The summed E-state index contributed by atoms with van der Waals surface area (Å²) < 4.78 is 6.68. The molecule has 2 atom stereocenters. The monoisotopic (exact) mass is 726 g/mol. The van der Waals surface area contributed by atoms with Crippen LogP contribution in [0.5, 0.6) is 0 Å². The van der Waals surface area contributed by atoms with E-state index in [1.165, 1.54) is 24.0 Å². The average Bonchev–Trinajstić information content (AvgIpc) is 3.64. The van der Waals surface area contributed by atoms with E-state index in [1.54, 1.807) is 20.9 Å². The van der Waals surface area contributed by atoms with Crippen molar-refractivity contribution in [2.75, 3.05) is 0 Å². The molecule has 0 N–H and O–H groups in total. The van der Waals surface area contributed by atoms with Crippen LogP contribution in [0, 0.1) is 0 Å². The molecular formula is C31H34Cl4Zr2. The zero-order valence-electron chi connectivity index (χ0n) is 21.1. The molecule has 0 radical (unpaired) electrons. The summed E-state index contributed by atoms with van der Waals surface area (Å²) in [5.74, 6) is 0. The molecule has 0 nitrogen and oxygen atoms in total. The molecule has 4 aliphatic carbocycles. The molecule has 6 heteroatoms. The maximum Gasteiger partial charge on any atom is -0.147 e. The molecule has 4 aliphatic rings. The van der Waals surface area contributed by atoms with E-state index in [1.807, 2.05) is 0 Å². The Bertz CT molecular complexity index is 1280. The first-order chi connectivity index (χ1) is 16.2. The van der Waals surface area contributed by atoms with Crippen molar-refractivity contribution in [2.24, 2.45) is 0 Å². The van der Waals surface area contributed by atoms with Crippen molar-refractivity contribution in [3.63, 3.8) is 0 Å². The fourth-order valence-corrected chi connectivity index (χ4v) is 16.4. The quantitative estimate of drug-likeness (QED) is 0.294. The Kier molecular flexibility index (Phi) is 15.7. The van der Waals surface area contributed by atoms with Gasteiger partial charge in [-0.25, -0.2) is 0 Å². The largest absolute Gasteiger partial charge is 0.147 e. The summed E-state index contributed by atoms with van der Waals surface area (Å²) in [6, 6.07) is 17.7. The van der Waals surface area contributed by atoms with Gasteiger partial charge in [-0.15, -0.1) is 49.6 Å². The van der Waals surface area contributed by atoms with Gasteiger partial charge in [0.15, 0.2) is 0 Å². The van der Waals surface area contributed by atoms with Crippen LogP contribution in [0.15, 0.2) is 104 Å². The van der Waals surface area contributed by atoms with Gasteiger partial charge in [-0.2, -0.15) is 0 Å².